The molecule has 1 aromatic rings. The molecule has 3 rings (SSSR count). The lowest BCUT2D eigenvalue weighted by molar-refractivity contribution is -0.147. The molecule has 3 heterocycles. The topological polar surface area (TPSA) is 96.5 Å². The highest BCUT2D eigenvalue weighted by atomic mass is 32.2. The van der Waals surface area contributed by atoms with E-state index in [0.29, 0.717) is 10.7 Å². The fraction of sp³-hybridized carbons (Fsp3) is 0.214. The van der Waals surface area contributed by atoms with E-state index < -0.39 is 12.0 Å². The molecular weight excluding hydrogens is 322 g/mol. The molecule has 0 bridgehead atoms. The molecule has 2 aliphatic heterocycles. The van der Waals surface area contributed by atoms with E-state index in [-0.39, 0.29) is 17.0 Å². The summed E-state index contributed by atoms with van der Waals surface area (Å²) in [6, 6.07) is 4.95. The second-order valence-corrected chi connectivity index (χ2v) is 6.79. The molecular formula is C14H13N3O3S2. The Morgan fingerprint density at radius 1 is 1.55 bits per heavy atom. The van der Waals surface area contributed by atoms with Crippen molar-refractivity contribution in [3.63, 3.8) is 0 Å². The Kier molecular flexibility index (Phi) is 4.23. The van der Waals surface area contributed by atoms with Gasteiger partial charge in [-0.05, 0) is 23.6 Å². The Hall–Kier alpha value is -1.77. The van der Waals surface area contributed by atoms with Crippen LogP contribution in [-0.2, 0) is 9.59 Å². The lowest BCUT2D eigenvalue weighted by Gasteiger charge is -2.47. The van der Waals surface area contributed by atoms with E-state index in [1.165, 1.54) is 28.4 Å². The van der Waals surface area contributed by atoms with E-state index in [1.807, 2.05) is 18.2 Å². The summed E-state index contributed by atoms with van der Waals surface area (Å²) in [6.07, 6.45) is 3.49. The number of carbonyl (C=O) groups is 2. The molecule has 0 aliphatic carbocycles. The van der Waals surface area contributed by atoms with Crippen LogP contribution >= 0.6 is 23.5 Å². The third-order valence-corrected chi connectivity index (χ3v) is 5.69. The van der Waals surface area contributed by atoms with Gasteiger partial charge in [-0.2, -0.15) is 0 Å². The molecule has 6 nitrogen and oxygen atoms in total. The highest BCUT2D eigenvalue weighted by molar-refractivity contribution is 8.08. The minimum atomic E-state index is -1.10. The van der Waals surface area contributed by atoms with Gasteiger partial charge in [0.1, 0.15) is 17.1 Å². The molecule has 1 unspecified atom stereocenters. The van der Waals surface area contributed by atoms with Crippen molar-refractivity contribution in [3.8, 4) is 0 Å². The van der Waals surface area contributed by atoms with E-state index in [9.17, 15) is 14.7 Å². The highest BCUT2D eigenvalue weighted by Gasteiger charge is 2.51. The Morgan fingerprint density at radius 2 is 2.36 bits per heavy atom. The first-order chi connectivity index (χ1) is 10.6. The van der Waals surface area contributed by atoms with Crippen LogP contribution in [0.3, 0.4) is 0 Å². The molecule has 1 aromatic heterocycles. The van der Waals surface area contributed by atoms with Crippen molar-refractivity contribution in [1.82, 2.24) is 9.88 Å². The lowest BCUT2D eigenvalue weighted by atomic mass is 10.1. The van der Waals surface area contributed by atoms with Crippen LogP contribution in [0.1, 0.15) is 5.69 Å². The summed E-state index contributed by atoms with van der Waals surface area (Å²) in [5.41, 5.74) is 6.54. The summed E-state index contributed by atoms with van der Waals surface area (Å²) in [7, 11) is 0. The number of carboxylic acids is 1. The molecule has 22 heavy (non-hydrogen) atoms. The average Bonchev–Trinajstić information content (AvgIpc) is 2.54. The van der Waals surface area contributed by atoms with Gasteiger partial charge in [0, 0.05) is 16.9 Å². The number of thioether (sulfide) groups is 2. The van der Waals surface area contributed by atoms with Gasteiger partial charge in [0.2, 0.25) is 5.91 Å². The molecule has 2 aliphatic rings. The Balaban J connectivity index is 1.80. The van der Waals surface area contributed by atoms with Crippen molar-refractivity contribution in [2.75, 3.05) is 5.75 Å². The molecule has 0 radical (unpaired) electrons. The van der Waals surface area contributed by atoms with Gasteiger partial charge in [0.25, 0.3) is 0 Å². The zero-order valence-corrected chi connectivity index (χ0v) is 13.0. The van der Waals surface area contributed by atoms with Crippen LogP contribution in [-0.4, -0.2) is 44.0 Å². The number of nitrogens with zero attached hydrogens (tertiary/aromatic N) is 2. The first-order valence-corrected chi connectivity index (χ1v) is 8.43. The number of hydrogen-bond donors (Lipinski definition) is 2. The van der Waals surface area contributed by atoms with Crippen LogP contribution in [0, 0.1) is 0 Å². The van der Waals surface area contributed by atoms with Crippen LogP contribution in [0.15, 0.2) is 40.4 Å². The molecule has 0 saturated carbocycles. The number of carbonyl (C=O) groups excluding carboxylic acids is 1. The van der Waals surface area contributed by atoms with E-state index in [1.54, 1.807) is 17.7 Å². The number of nitrogens with two attached hydrogens (primary N) is 1. The fourth-order valence-corrected chi connectivity index (χ4v) is 4.52. The zero-order valence-electron chi connectivity index (χ0n) is 11.4. The first-order valence-electron chi connectivity index (χ1n) is 6.50. The molecule has 3 N–H and O–H groups in total. The molecule has 0 aromatic carbocycles. The number of pyridine rings is 1. The van der Waals surface area contributed by atoms with Gasteiger partial charge in [-0.1, -0.05) is 17.8 Å². The number of β-lactam (4-membered cyclic amide) rings is 1. The maximum Gasteiger partial charge on any atom is 0.353 e. The predicted molar refractivity (Wildman–Crippen MR) is 86.6 cm³/mol. The monoisotopic (exact) mass is 335 g/mol. The normalized spacial score (nSPS) is 24.4. The van der Waals surface area contributed by atoms with Crippen molar-refractivity contribution in [2.24, 2.45) is 5.73 Å². The van der Waals surface area contributed by atoms with Crippen molar-refractivity contribution in [1.29, 1.82) is 0 Å². The van der Waals surface area contributed by atoms with Crippen LogP contribution in [0.4, 0.5) is 0 Å². The summed E-state index contributed by atoms with van der Waals surface area (Å²) in [6.45, 7) is 0. The summed E-state index contributed by atoms with van der Waals surface area (Å²) in [4.78, 5) is 29.4. The molecule has 2 atom stereocenters. The standard InChI is InChI=1S/C14H13N3O3S2/c15-10-12(18)17-11(14(19)20)9(7-22-13(10)17)21-6-4-8-3-1-2-5-16-8/h1-6,10,13H,7,15H2,(H,19,20)/b6-4+/t10?,13-/m1/s1. The van der Waals surface area contributed by atoms with Gasteiger partial charge >= 0.3 is 5.97 Å². The number of amides is 1. The van der Waals surface area contributed by atoms with Gasteiger partial charge in [-0.15, -0.1) is 11.8 Å². The minimum absolute atomic E-state index is 0.0473. The molecule has 1 amide bonds. The molecule has 0 spiro atoms. The maximum absolute atomic E-state index is 11.8. The van der Waals surface area contributed by atoms with Crippen LogP contribution in [0.5, 0.6) is 0 Å². The molecule has 1 saturated heterocycles. The maximum atomic E-state index is 11.8. The van der Waals surface area contributed by atoms with E-state index >= 15 is 0 Å². The Bertz CT molecular complexity index is 675. The number of carboxylic acid groups (broad SMARTS) is 1. The second kappa shape index (κ2) is 6.15. The van der Waals surface area contributed by atoms with Crippen LogP contribution in [0.2, 0.25) is 0 Å². The van der Waals surface area contributed by atoms with Gasteiger partial charge in [0.15, 0.2) is 0 Å². The SMILES string of the molecule is NC1C(=O)N2C(C(=O)O)=C(S/C=C/c3ccccn3)CS[C@H]12. The van der Waals surface area contributed by atoms with Gasteiger partial charge in [-0.25, -0.2) is 4.79 Å². The first kappa shape index (κ1) is 15.1. The second-order valence-electron chi connectivity index (χ2n) is 4.69. The summed E-state index contributed by atoms with van der Waals surface area (Å²) in [5, 5.41) is 10.9. The summed E-state index contributed by atoms with van der Waals surface area (Å²) in [5.74, 6) is -0.901. The summed E-state index contributed by atoms with van der Waals surface area (Å²) >= 11 is 2.78. The fourth-order valence-electron chi connectivity index (χ4n) is 2.24. The predicted octanol–water partition coefficient (Wildman–Crippen LogP) is 1.32. The Morgan fingerprint density at radius 3 is 3.05 bits per heavy atom. The van der Waals surface area contributed by atoms with Gasteiger partial charge < -0.3 is 10.8 Å². The van der Waals surface area contributed by atoms with Crippen molar-refractivity contribution in [3.05, 3.63) is 46.1 Å². The number of rotatable bonds is 4. The van der Waals surface area contributed by atoms with Crippen molar-refractivity contribution >= 4 is 41.5 Å². The Labute approximate surface area is 135 Å². The van der Waals surface area contributed by atoms with Crippen molar-refractivity contribution < 1.29 is 14.7 Å². The number of aromatic nitrogens is 1. The quantitative estimate of drug-likeness (QED) is 0.801. The molecule has 114 valence electrons. The summed E-state index contributed by atoms with van der Waals surface area (Å²) < 4.78 is 0. The minimum Gasteiger partial charge on any atom is -0.477 e. The number of hydrogen-bond acceptors (Lipinski definition) is 6. The van der Waals surface area contributed by atoms with Gasteiger partial charge in [-0.3, -0.25) is 14.7 Å². The third-order valence-electron chi connectivity index (χ3n) is 3.31. The third kappa shape index (κ3) is 2.65. The van der Waals surface area contributed by atoms with E-state index in [4.69, 9.17) is 5.73 Å². The number of fused-ring (bicyclic) bond motifs is 1. The molecule has 1 fully saturated rings. The smallest absolute Gasteiger partial charge is 0.353 e. The largest absolute Gasteiger partial charge is 0.477 e. The molecule has 8 heteroatoms. The van der Waals surface area contributed by atoms with Crippen LogP contribution < -0.4 is 5.73 Å². The average molecular weight is 335 g/mol. The van der Waals surface area contributed by atoms with Crippen LogP contribution in [0.25, 0.3) is 6.08 Å². The van der Waals surface area contributed by atoms with Gasteiger partial charge in [0.05, 0.1) is 5.69 Å². The number of aliphatic carboxylic acids is 1. The highest BCUT2D eigenvalue weighted by Crippen LogP contribution is 2.42. The van der Waals surface area contributed by atoms with E-state index in [0.717, 1.165) is 5.69 Å². The van der Waals surface area contributed by atoms with E-state index in [2.05, 4.69) is 4.98 Å². The lowest BCUT2D eigenvalue weighted by Crippen LogP contribution is -2.68. The van der Waals surface area contributed by atoms with Crippen molar-refractivity contribution in [2.45, 2.75) is 11.4 Å². The zero-order chi connectivity index (χ0) is 15.7.